The van der Waals surface area contributed by atoms with Gasteiger partial charge >= 0.3 is 5.91 Å². The third-order valence-corrected chi connectivity index (χ3v) is 3.97. The van der Waals surface area contributed by atoms with E-state index in [1.165, 1.54) is 13.2 Å². The van der Waals surface area contributed by atoms with Gasteiger partial charge < -0.3 is 14.3 Å². The average Bonchev–Trinajstić information content (AvgIpc) is 2.96. The number of aryl methyl sites for hydroxylation is 1. The predicted octanol–water partition coefficient (Wildman–Crippen LogP) is 3.61. The lowest BCUT2D eigenvalue weighted by molar-refractivity contribution is 0.0928. The van der Waals surface area contributed by atoms with E-state index in [1.807, 2.05) is 31.2 Å². The number of phenolic OH excluding ortho intramolecular Hbond substituents is 1. The van der Waals surface area contributed by atoms with Gasteiger partial charge in [0.15, 0.2) is 5.76 Å². The molecule has 0 spiro atoms. The molecule has 1 heterocycles. The first-order valence-electron chi connectivity index (χ1n) is 7.71. The third kappa shape index (κ3) is 3.19. The molecule has 3 rings (SSSR count). The highest BCUT2D eigenvalue weighted by molar-refractivity contribution is 6.03. The number of phenols is 1. The van der Waals surface area contributed by atoms with Crippen LogP contribution >= 0.6 is 0 Å². The number of hydrazone groups is 1. The van der Waals surface area contributed by atoms with Crippen LogP contribution in [0.1, 0.15) is 28.6 Å². The first-order chi connectivity index (χ1) is 12.0. The Balaban J connectivity index is 1.82. The van der Waals surface area contributed by atoms with Crippen molar-refractivity contribution >= 4 is 22.6 Å². The van der Waals surface area contributed by atoms with Gasteiger partial charge in [-0.1, -0.05) is 18.2 Å². The number of nitrogens with zero attached hydrogens (tertiary/aromatic N) is 1. The second-order valence-electron chi connectivity index (χ2n) is 5.57. The summed E-state index contributed by atoms with van der Waals surface area (Å²) in [4.78, 5) is 12.4. The first kappa shape index (κ1) is 16.6. The zero-order chi connectivity index (χ0) is 18.0. The zero-order valence-electron chi connectivity index (χ0n) is 14.2. The van der Waals surface area contributed by atoms with Crippen LogP contribution in [-0.2, 0) is 0 Å². The number of aromatic hydroxyl groups is 1. The number of ether oxygens (including phenoxy) is 1. The third-order valence-electron chi connectivity index (χ3n) is 3.97. The largest absolute Gasteiger partial charge is 0.507 e. The molecule has 0 unspecified atom stereocenters. The zero-order valence-corrected chi connectivity index (χ0v) is 14.2. The van der Waals surface area contributed by atoms with Crippen LogP contribution in [0, 0.1) is 6.92 Å². The van der Waals surface area contributed by atoms with Crippen molar-refractivity contribution in [1.29, 1.82) is 0 Å². The highest BCUT2D eigenvalue weighted by atomic mass is 16.5. The molecular weight excluding hydrogens is 320 g/mol. The summed E-state index contributed by atoms with van der Waals surface area (Å²) >= 11 is 0. The lowest BCUT2D eigenvalue weighted by atomic mass is 10.1. The number of carbonyl (C=O) groups excluding carboxylic acids is 1. The number of para-hydroxylation sites is 1. The minimum Gasteiger partial charge on any atom is -0.507 e. The average molecular weight is 338 g/mol. The number of methoxy groups -OCH3 is 1. The van der Waals surface area contributed by atoms with E-state index in [4.69, 9.17) is 9.15 Å². The Hall–Kier alpha value is -3.28. The van der Waals surface area contributed by atoms with E-state index in [2.05, 4.69) is 10.5 Å². The molecule has 3 aromatic rings. The number of benzene rings is 2. The maximum Gasteiger partial charge on any atom is 0.307 e. The molecule has 6 nitrogen and oxygen atoms in total. The summed E-state index contributed by atoms with van der Waals surface area (Å²) in [6.45, 7) is 3.51. The van der Waals surface area contributed by atoms with Crippen molar-refractivity contribution in [2.45, 2.75) is 13.8 Å². The lowest BCUT2D eigenvalue weighted by Gasteiger charge is -2.06. The van der Waals surface area contributed by atoms with E-state index >= 15 is 0 Å². The van der Waals surface area contributed by atoms with Crippen LogP contribution < -0.4 is 10.2 Å². The predicted molar refractivity (Wildman–Crippen MR) is 95.3 cm³/mol. The molecule has 6 heteroatoms. The molecule has 2 N–H and O–H groups in total. The Kier molecular flexibility index (Phi) is 4.43. The van der Waals surface area contributed by atoms with E-state index in [0.717, 1.165) is 10.9 Å². The van der Waals surface area contributed by atoms with Gasteiger partial charge in [0.1, 0.15) is 17.1 Å². The summed E-state index contributed by atoms with van der Waals surface area (Å²) in [5, 5.41) is 15.0. The van der Waals surface area contributed by atoms with Gasteiger partial charge in [0.2, 0.25) is 0 Å². The van der Waals surface area contributed by atoms with Crippen molar-refractivity contribution in [3.05, 3.63) is 59.4 Å². The van der Waals surface area contributed by atoms with Crippen LogP contribution in [0.4, 0.5) is 0 Å². The molecular formula is C19H18N2O4. The molecule has 2 aromatic carbocycles. The number of furan rings is 1. The molecule has 0 bridgehead atoms. The number of nitrogens with one attached hydrogen (secondary N) is 1. The van der Waals surface area contributed by atoms with E-state index in [-0.39, 0.29) is 11.5 Å². The van der Waals surface area contributed by atoms with Crippen molar-refractivity contribution in [1.82, 2.24) is 5.43 Å². The van der Waals surface area contributed by atoms with Gasteiger partial charge in [-0.3, -0.25) is 4.79 Å². The first-order valence-corrected chi connectivity index (χ1v) is 7.71. The molecule has 0 aliphatic heterocycles. The summed E-state index contributed by atoms with van der Waals surface area (Å²) in [7, 11) is 1.52. The van der Waals surface area contributed by atoms with Crippen molar-refractivity contribution in [2.75, 3.05) is 7.11 Å². The molecule has 0 saturated carbocycles. The fourth-order valence-corrected chi connectivity index (χ4v) is 2.58. The molecule has 0 aliphatic rings. The van der Waals surface area contributed by atoms with E-state index in [1.54, 1.807) is 19.1 Å². The summed E-state index contributed by atoms with van der Waals surface area (Å²) in [5.41, 5.74) is 4.84. The fourth-order valence-electron chi connectivity index (χ4n) is 2.58. The molecule has 25 heavy (non-hydrogen) atoms. The molecule has 0 radical (unpaired) electrons. The Morgan fingerprint density at radius 2 is 2.00 bits per heavy atom. The normalized spacial score (nSPS) is 11.6. The van der Waals surface area contributed by atoms with Gasteiger partial charge in [0.05, 0.1) is 12.8 Å². The minimum absolute atomic E-state index is 0.0229. The van der Waals surface area contributed by atoms with E-state index in [0.29, 0.717) is 22.6 Å². The number of fused-ring (bicyclic) bond motifs is 1. The van der Waals surface area contributed by atoms with Crippen molar-refractivity contribution in [3.63, 3.8) is 0 Å². The van der Waals surface area contributed by atoms with Gasteiger partial charge in [-0.05, 0) is 32.0 Å². The van der Waals surface area contributed by atoms with Crippen LogP contribution in [0.5, 0.6) is 11.5 Å². The van der Waals surface area contributed by atoms with Crippen molar-refractivity contribution in [2.24, 2.45) is 5.10 Å². The quantitative estimate of drug-likeness (QED) is 0.562. The number of rotatable bonds is 4. The van der Waals surface area contributed by atoms with E-state index in [9.17, 15) is 9.90 Å². The highest BCUT2D eigenvalue weighted by Crippen LogP contribution is 2.25. The van der Waals surface area contributed by atoms with Gasteiger partial charge in [0, 0.05) is 22.6 Å². The molecule has 0 fully saturated rings. The van der Waals surface area contributed by atoms with Crippen molar-refractivity contribution in [3.8, 4) is 11.5 Å². The second-order valence-corrected chi connectivity index (χ2v) is 5.57. The molecule has 128 valence electrons. The maximum atomic E-state index is 12.4. The Morgan fingerprint density at radius 1 is 1.24 bits per heavy atom. The Morgan fingerprint density at radius 3 is 2.68 bits per heavy atom. The summed E-state index contributed by atoms with van der Waals surface area (Å²) < 4.78 is 10.7. The summed E-state index contributed by atoms with van der Waals surface area (Å²) in [6.07, 6.45) is 0. The van der Waals surface area contributed by atoms with Gasteiger partial charge in [0.25, 0.3) is 0 Å². The fraction of sp³-hybridized carbons (Fsp3) is 0.158. The number of hydrogen-bond acceptors (Lipinski definition) is 5. The number of hydrogen-bond donors (Lipinski definition) is 2. The summed E-state index contributed by atoms with van der Waals surface area (Å²) in [5.74, 6) is 0.337. The monoisotopic (exact) mass is 338 g/mol. The molecule has 0 atom stereocenters. The number of carbonyl (C=O) groups is 1. The summed E-state index contributed by atoms with van der Waals surface area (Å²) in [6, 6.07) is 12.3. The lowest BCUT2D eigenvalue weighted by Crippen LogP contribution is -2.19. The molecule has 1 amide bonds. The van der Waals surface area contributed by atoms with Gasteiger partial charge in [-0.15, -0.1) is 0 Å². The van der Waals surface area contributed by atoms with Crippen molar-refractivity contribution < 1.29 is 19.1 Å². The van der Waals surface area contributed by atoms with Crippen LogP contribution in [0.25, 0.3) is 11.0 Å². The van der Waals surface area contributed by atoms with Crippen LogP contribution in [0.2, 0.25) is 0 Å². The van der Waals surface area contributed by atoms with E-state index < -0.39 is 5.91 Å². The SMILES string of the molecule is COc1ccc(/C(C)=N/NC(=O)c2oc3ccccc3c2C)c(O)c1. The van der Waals surface area contributed by atoms with Gasteiger partial charge in [-0.25, -0.2) is 5.43 Å². The molecule has 1 aromatic heterocycles. The Bertz CT molecular complexity index is 973. The Labute approximate surface area is 144 Å². The topological polar surface area (TPSA) is 84.1 Å². The standard InChI is InChI=1S/C19H18N2O4/c1-11-14-6-4-5-7-17(14)25-18(11)19(23)21-20-12(2)15-9-8-13(24-3)10-16(15)22/h4-10,22H,1-3H3,(H,21,23)/b20-12+. The highest BCUT2D eigenvalue weighted by Gasteiger charge is 2.17. The van der Waals surface area contributed by atoms with Crippen LogP contribution in [0.3, 0.4) is 0 Å². The van der Waals surface area contributed by atoms with Crippen LogP contribution in [-0.4, -0.2) is 23.8 Å². The second kappa shape index (κ2) is 6.68. The maximum absolute atomic E-state index is 12.4. The van der Waals surface area contributed by atoms with Crippen LogP contribution in [0.15, 0.2) is 52.0 Å². The number of amides is 1. The van der Waals surface area contributed by atoms with Gasteiger partial charge in [-0.2, -0.15) is 5.10 Å². The molecule has 0 saturated heterocycles. The minimum atomic E-state index is -0.443. The smallest absolute Gasteiger partial charge is 0.307 e. The molecule has 0 aliphatic carbocycles.